The van der Waals surface area contributed by atoms with Crippen molar-refractivity contribution >= 4 is 63.8 Å². The molecule has 0 aliphatic carbocycles. The van der Waals surface area contributed by atoms with Crippen LogP contribution in [0.5, 0.6) is 0 Å². The molecule has 2 aromatic heterocycles. The molecule has 0 amide bonds. The first-order chi connectivity index (χ1) is 27.2. The van der Waals surface area contributed by atoms with Crippen LogP contribution in [0.4, 0.5) is 0 Å². The number of fused-ring (bicyclic) bond motifs is 7. The van der Waals surface area contributed by atoms with Gasteiger partial charge in [0.1, 0.15) is 0 Å². The third kappa shape index (κ3) is 5.38. The van der Waals surface area contributed by atoms with E-state index in [1.54, 1.807) is 11.3 Å². The molecular weight excluding hydrogens is 687 g/mol. The van der Waals surface area contributed by atoms with E-state index in [1.165, 1.54) is 63.6 Å². The number of aromatic nitrogens is 3. The molecule has 11 rings (SSSR count). The van der Waals surface area contributed by atoms with Crippen LogP contribution < -0.4 is 0 Å². The number of hydrogen-bond acceptors (Lipinski definition) is 4. The summed E-state index contributed by atoms with van der Waals surface area (Å²) >= 11 is 1.79. The van der Waals surface area contributed by atoms with Gasteiger partial charge in [0.05, 0.1) is 0 Å². The number of rotatable bonds is 5. The Balaban J connectivity index is 1.08. The molecule has 0 bridgehead atoms. The van der Waals surface area contributed by atoms with Gasteiger partial charge < -0.3 is 0 Å². The molecule has 4 heteroatoms. The van der Waals surface area contributed by atoms with Crippen LogP contribution in [-0.4, -0.2) is 15.0 Å². The van der Waals surface area contributed by atoms with Crippen molar-refractivity contribution in [2.75, 3.05) is 0 Å². The molecule has 9 aromatic carbocycles. The Kier molecular flexibility index (Phi) is 7.35. The average Bonchev–Trinajstić information content (AvgIpc) is 3.65. The monoisotopic (exact) mass is 717 g/mol. The van der Waals surface area contributed by atoms with Crippen molar-refractivity contribution < 1.29 is 0 Å². The van der Waals surface area contributed by atoms with E-state index in [9.17, 15) is 0 Å². The summed E-state index contributed by atoms with van der Waals surface area (Å²) in [5, 5.41) is 9.88. The Bertz CT molecular complexity index is 3270. The van der Waals surface area contributed by atoms with E-state index < -0.39 is 0 Å². The van der Waals surface area contributed by atoms with Crippen molar-refractivity contribution in [1.82, 2.24) is 15.0 Å². The van der Waals surface area contributed by atoms with Crippen LogP contribution in [0.3, 0.4) is 0 Å². The van der Waals surface area contributed by atoms with E-state index in [0.29, 0.717) is 17.5 Å². The van der Waals surface area contributed by atoms with Crippen molar-refractivity contribution in [2.24, 2.45) is 0 Å². The second-order valence-corrected chi connectivity index (χ2v) is 15.0. The maximum Gasteiger partial charge on any atom is 0.165 e. The van der Waals surface area contributed by atoms with Gasteiger partial charge in [-0.05, 0) is 78.8 Å². The quantitative estimate of drug-likeness (QED) is 0.166. The zero-order valence-corrected chi connectivity index (χ0v) is 30.5. The third-order valence-electron chi connectivity index (χ3n) is 10.7. The second-order valence-electron chi connectivity index (χ2n) is 14.0. The minimum atomic E-state index is 0.642. The molecule has 0 spiro atoms. The highest BCUT2D eigenvalue weighted by molar-refractivity contribution is 7.26. The summed E-state index contributed by atoms with van der Waals surface area (Å²) < 4.78 is 2.42. The van der Waals surface area contributed by atoms with Crippen molar-refractivity contribution in [2.45, 2.75) is 0 Å². The lowest BCUT2D eigenvalue weighted by Gasteiger charge is -2.13. The molecule has 55 heavy (non-hydrogen) atoms. The van der Waals surface area contributed by atoms with Crippen LogP contribution in [0.2, 0.25) is 0 Å². The summed E-state index contributed by atoms with van der Waals surface area (Å²) in [5.74, 6) is 1.95. The van der Waals surface area contributed by atoms with Gasteiger partial charge in [0.15, 0.2) is 17.5 Å². The van der Waals surface area contributed by atoms with E-state index >= 15 is 0 Å². The molecule has 0 unspecified atom stereocenters. The van der Waals surface area contributed by atoms with Gasteiger partial charge in [0.2, 0.25) is 0 Å². The zero-order valence-electron chi connectivity index (χ0n) is 29.6. The van der Waals surface area contributed by atoms with Gasteiger partial charge in [-0.2, -0.15) is 0 Å². The van der Waals surface area contributed by atoms with Crippen LogP contribution in [0.1, 0.15) is 0 Å². The lowest BCUT2D eigenvalue weighted by molar-refractivity contribution is 1.08. The molecule has 0 saturated heterocycles. The Morgan fingerprint density at radius 1 is 0.291 bits per heavy atom. The fraction of sp³-hybridized carbons (Fsp3) is 0. The molecule has 0 radical (unpaired) electrons. The fourth-order valence-corrected chi connectivity index (χ4v) is 9.28. The van der Waals surface area contributed by atoms with E-state index in [2.05, 4.69) is 188 Å². The van der Waals surface area contributed by atoms with Crippen LogP contribution in [0.25, 0.3) is 109 Å². The highest BCUT2D eigenvalue weighted by Gasteiger charge is 2.18. The topological polar surface area (TPSA) is 38.7 Å². The molecule has 0 saturated carbocycles. The largest absolute Gasteiger partial charge is 0.208 e. The predicted molar refractivity (Wildman–Crippen MR) is 232 cm³/mol. The maximum absolute atomic E-state index is 5.23. The van der Waals surface area contributed by atoms with Gasteiger partial charge in [0, 0.05) is 36.9 Å². The first-order valence-corrected chi connectivity index (χ1v) is 19.3. The Morgan fingerprint density at radius 2 is 0.855 bits per heavy atom. The van der Waals surface area contributed by atoms with Gasteiger partial charge in [-0.3, -0.25) is 0 Å². The third-order valence-corrected chi connectivity index (χ3v) is 11.9. The SMILES string of the molecule is c1cc(-c2nc(-c3ccc(-c4cc5ccccc5c5ccccc45)cc3)nc(-c3cccc4c3sc3ccccc34)n2)cc(-c2cccc3ccccc23)c1. The molecule has 0 N–H and O–H groups in total. The summed E-state index contributed by atoms with van der Waals surface area (Å²) in [7, 11) is 0. The molecule has 256 valence electrons. The lowest BCUT2D eigenvalue weighted by atomic mass is 9.93. The van der Waals surface area contributed by atoms with Gasteiger partial charge >= 0.3 is 0 Å². The predicted octanol–water partition coefficient (Wildman–Crippen LogP) is 14.0. The van der Waals surface area contributed by atoms with E-state index in [4.69, 9.17) is 15.0 Å². The van der Waals surface area contributed by atoms with Crippen molar-refractivity contribution in [3.63, 3.8) is 0 Å². The molecule has 0 fully saturated rings. The summed E-state index contributed by atoms with van der Waals surface area (Å²) in [5.41, 5.74) is 7.55. The summed E-state index contributed by atoms with van der Waals surface area (Å²) in [6.07, 6.45) is 0. The fourth-order valence-electron chi connectivity index (χ4n) is 8.07. The molecule has 3 nitrogen and oxygen atoms in total. The second kappa shape index (κ2) is 12.8. The summed E-state index contributed by atoms with van der Waals surface area (Å²) in [4.78, 5) is 15.6. The highest BCUT2D eigenvalue weighted by Crippen LogP contribution is 2.41. The highest BCUT2D eigenvalue weighted by atomic mass is 32.1. The average molecular weight is 718 g/mol. The van der Waals surface area contributed by atoms with Gasteiger partial charge in [-0.15, -0.1) is 11.3 Å². The number of benzene rings is 9. The first-order valence-electron chi connectivity index (χ1n) is 18.5. The molecule has 0 aliphatic rings. The van der Waals surface area contributed by atoms with Crippen molar-refractivity contribution in [3.05, 3.63) is 188 Å². The molecule has 0 aliphatic heterocycles. The van der Waals surface area contributed by atoms with Crippen LogP contribution in [0.15, 0.2) is 188 Å². The van der Waals surface area contributed by atoms with Gasteiger partial charge in [-0.1, -0.05) is 164 Å². The van der Waals surface area contributed by atoms with Crippen LogP contribution in [-0.2, 0) is 0 Å². The Hall–Kier alpha value is -7.01. The minimum Gasteiger partial charge on any atom is -0.208 e. The zero-order chi connectivity index (χ0) is 36.3. The minimum absolute atomic E-state index is 0.642. The first kappa shape index (κ1) is 31.5. The van der Waals surface area contributed by atoms with E-state index in [-0.39, 0.29) is 0 Å². The molecule has 11 aromatic rings. The number of nitrogens with zero attached hydrogens (tertiary/aromatic N) is 3. The van der Waals surface area contributed by atoms with Crippen LogP contribution >= 0.6 is 11.3 Å². The Labute approximate surface area is 321 Å². The standard InChI is InChI=1S/C51H31N3S/c1-3-17-38-32(12-1)14-10-22-39(38)35-15-9-16-37(30-35)50-52-49(53-51(54-50)45-24-11-23-44-43-21-7-8-25-47(43)55-48(44)45)34-28-26-33(27-29-34)46-31-36-13-2-4-18-40(36)41-19-5-6-20-42(41)46/h1-31H. The summed E-state index contributed by atoms with van der Waals surface area (Å²) in [6.45, 7) is 0. The Morgan fingerprint density at radius 3 is 1.71 bits per heavy atom. The molecule has 0 atom stereocenters. The van der Waals surface area contributed by atoms with E-state index in [0.717, 1.165) is 27.8 Å². The van der Waals surface area contributed by atoms with Crippen molar-refractivity contribution in [3.8, 4) is 56.4 Å². The van der Waals surface area contributed by atoms with Gasteiger partial charge in [-0.25, -0.2) is 15.0 Å². The lowest BCUT2D eigenvalue weighted by Crippen LogP contribution is -2.00. The molecular formula is C51H31N3S. The van der Waals surface area contributed by atoms with Crippen LogP contribution in [0, 0.1) is 0 Å². The smallest absolute Gasteiger partial charge is 0.165 e. The number of thiophene rings is 1. The van der Waals surface area contributed by atoms with E-state index in [1.807, 2.05) is 0 Å². The summed E-state index contributed by atoms with van der Waals surface area (Å²) in [6, 6.07) is 66.9. The number of hydrogen-bond donors (Lipinski definition) is 0. The van der Waals surface area contributed by atoms with Crippen molar-refractivity contribution in [1.29, 1.82) is 0 Å². The van der Waals surface area contributed by atoms with Gasteiger partial charge in [0.25, 0.3) is 0 Å². The maximum atomic E-state index is 5.23. The normalized spacial score (nSPS) is 11.6. The molecule has 2 heterocycles.